The van der Waals surface area contributed by atoms with E-state index in [0.717, 1.165) is 19.4 Å². The van der Waals surface area contributed by atoms with Crippen molar-refractivity contribution in [1.82, 2.24) is 5.32 Å². The molecule has 2 atom stereocenters. The average molecular weight is 465 g/mol. The quantitative estimate of drug-likeness (QED) is 0.651. The van der Waals surface area contributed by atoms with E-state index in [1.807, 2.05) is 0 Å². The molecule has 1 aliphatic rings. The van der Waals surface area contributed by atoms with Crippen LogP contribution in [-0.4, -0.2) is 37.2 Å². The second-order valence-corrected chi connectivity index (χ2v) is 7.57. The average Bonchev–Trinajstić information content (AvgIpc) is 3.22. The van der Waals surface area contributed by atoms with Gasteiger partial charge in [-0.15, -0.1) is 0 Å². The highest BCUT2D eigenvalue weighted by molar-refractivity contribution is 9.10. The number of carbonyl (C=O) groups is 2. The number of rotatable bonds is 7. The van der Waals surface area contributed by atoms with E-state index in [2.05, 4.69) is 26.6 Å². The maximum absolute atomic E-state index is 13.2. The zero-order chi connectivity index (χ0) is 20.8. The van der Waals surface area contributed by atoms with Crippen molar-refractivity contribution in [2.24, 2.45) is 0 Å². The normalized spacial score (nSPS) is 16.9. The molecule has 154 valence electrons. The molecule has 8 heteroatoms. The first-order valence-corrected chi connectivity index (χ1v) is 10.1. The number of ether oxygens (including phenoxy) is 2. The summed E-state index contributed by atoms with van der Waals surface area (Å²) in [5.74, 6) is -0.784. The van der Waals surface area contributed by atoms with Crippen LogP contribution in [0.15, 0.2) is 46.9 Å². The van der Waals surface area contributed by atoms with Gasteiger partial charge in [0.1, 0.15) is 11.6 Å². The first-order chi connectivity index (χ1) is 13.9. The molecule has 2 aromatic carbocycles. The molecule has 1 saturated heterocycles. The summed E-state index contributed by atoms with van der Waals surface area (Å²) in [5.41, 5.74) is 0.741. The van der Waals surface area contributed by atoms with Gasteiger partial charge >= 0.3 is 0 Å². The largest absolute Gasteiger partial charge is 0.480 e. The highest BCUT2D eigenvalue weighted by Crippen LogP contribution is 2.26. The van der Waals surface area contributed by atoms with E-state index in [4.69, 9.17) is 9.47 Å². The third-order valence-corrected chi connectivity index (χ3v) is 5.13. The van der Waals surface area contributed by atoms with Crippen molar-refractivity contribution >= 4 is 33.4 Å². The maximum atomic E-state index is 13.2. The molecule has 2 amide bonds. The van der Waals surface area contributed by atoms with E-state index in [0.29, 0.717) is 28.0 Å². The molecule has 1 heterocycles. The van der Waals surface area contributed by atoms with Gasteiger partial charge in [-0.05, 0) is 66.0 Å². The van der Waals surface area contributed by atoms with Gasteiger partial charge in [0.25, 0.3) is 11.8 Å². The van der Waals surface area contributed by atoms with Crippen molar-refractivity contribution in [3.05, 3.63) is 58.3 Å². The van der Waals surface area contributed by atoms with Crippen LogP contribution in [0.25, 0.3) is 0 Å². The first-order valence-electron chi connectivity index (χ1n) is 9.35. The molecular formula is C21H22BrFN2O4. The number of halogens is 2. The monoisotopic (exact) mass is 464 g/mol. The summed E-state index contributed by atoms with van der Waals surface area (Å²) in [5, 5.41) is 5.57. The fraction of sp³-hybridized carbons (Fsp3) is 0.333. The minimum absolute atomic E-state index is 0.0308. The molecule has 29 heavy (non-hydrogen) atoms. The van der Waals surface area contributed by atoms with Crippen molar-refractivity contribution in [3.63, 3.8) is 0 Å². The molecule has 2 unspecified atom stereocenters. The Morgan fingerprint density at radius 2 is 2.10 bits per heavy atom. The molecule has 0 aromatic heterocycles. The first kappa shape index (κ1) is 21.3. The third kappa shape index (κ3) is 5.77. The van der Waals surface area contributed by atoms with Crippen LogP contribution in [0, 0.1) is 5.82 Å². The number of hydrogen-bond donors (Lipinski definition) is 2. The zero-order valence-corrected chi connectivity index (χ0v) is 17.5. The van der Waals surface area contributed by atoms with Crippen LogP contribution < -0.4 is 15.4 Å². The van der Waals surface area contributed by atoms with Gasteiger partial charge in [0.2, 0.25) is 0 Å². The van der Waals surface area contributed by atoms with Crippen molar-refractivity contribution in [2.75, 3.05) is 18.5 Å². The maximum Gasteiger partial charge on any atom is 0.265 e. The molecule has 2 aromatic rings. The number of para-hydroxylation sites is 1. The number of hydrogen-bond acceptors (Lipinski definition) is 4. The summed E-state index contributed by atoms with van der Waals surface area (Å²) in [7, 11) is 0. The molecule has 0 saturated carbocycles. The van der Waals surface area contributed by atoms with Crippen LogP contribution in [-0.2, 0) is 9.53 Å². The van der Waals surface area contributed by atoms with Crippen LogP contribution in [0.5, 0.6) is 5.75 Å². The predicted molar refractivity (Wildman–Crippen MR) is 111 cm³/mol. The van der Waals surface area contributed by atoms with Crippen LogP contribution in [0.1, 0.15) is 30.1 Å². The highest BCUT2D eigenvalue weighted by Gasteiger charge is 2.21. The molecule has 0 aliphatic carbocycles. The van der Waals surface area contributed by atoms with E-state index in [1.165, 1.54) is 18.2 Å². The van der Waals surface area contributed by atoms with Gasteiger partial charge in [-0.3, -0.25) is 9.59 Å². The number of nitrogens with one attached hydrogen (secondary N) is 2. The zero-order valence-electron chi connectivity index (χ0n) is 15.9. The minimum atomic E-state index is -0.861. The Morgan fingerprint density at radius 3 is 2.83 bits per heavy atom. The lowest BCUT2D eigenvalue weighted by Crippen LogP contribution is -2.34. The Morgan fingerprint density at radius 1 is 1.31 bits per heavy atom. The van der Waals surface area contributed by atoms with Gasteiger partial charge in [-0.2, -0.15) is 0 Å². The smallest absolute Gasteiger partial charge is 0.265 e. The van der Waals surface area contributed by atoms with Crippen molar-refractivity contribution in [3.8, 4) is 5.75 Å². The lowest BCUT2D eigenvalue weighted by molar-refractivity contribution is -0.122. The number of amides is 2. The van der Waals surface area contributed by atoms with Crippen molar-refractivity contribution in [2.45, 2.75) is 32.0 Å². The molecular weight excluding hydrogens is 443 g/mol. The standard InChI is InChI=1S/C21H22BrFN2O4/c1-13(29-19-9-8-14(23)11-17(19)22)20(26)25-18-7-3-2-6-16(18)21(27)24-12-15-5-4-10-28-15/h2-3,6-9,11,13,15H,4-5,10,12H2,1H3,(H,24,27)(H,25,26). The summed E-state index contributed by atoms with van der Waals surface area (Å²) in [6.45, 7) is 2.72. The third-order valence-electron chi connectivity index (χ3n) is 4.51. The van der Waals surface area contributed by atoms with Gasteiger partial charge in [-0.1, -0.05) is 12.1 Å². The second-order valence-electron chi connectivity index (χ2n) is 6.71. The van der Waals surface area contributed by atoms with Crippen LogP contribution in [0.3, 0.4) is 0 Å². The highest BCUT2D eigenvalue weighted by atomic mass is 79.9. The number of anilines is 1. The molecule has 6 nitrogen and oxygen atoms in total. The van der Waals surface area contributed by atoms with E-state index in [9.17, 15) is 14.0 Å². The summed E-state index contributed by atoms with van der Waals surface area (Å²) in [6, 6.07) is 10.7. The van der Waals surface area contributed by atoms with Gasteiger partial charge in [-0.25, -0.2) is 4.39 Å². The van der Waals surface area contributed by atoms with Gasteiger partial charge in [0, 0.05) is 13.2 Å². The summed E-state index contributed by atoms with van der Waals surface area (Å²) in [4.78, 5) is 25.1. The van der Waals surface area contributed by atoms with Crippen LogP contribution in [0.2, 0.25) is 0 Å². The van der Waals surface area contributed by atoms with E-state index in [1.54, 1.807) is 31.2 Å². The van der Waals surface area contributed by atoms with E-state index >= 15 is 0 Å². The molecule has 0 radical (unpaired) electrons. The Labute approximate surface area is 176 Å². The fourth-order valence-electron chi connectivity index (χ4n) is 2.95. The van der Waals surface area contributed by atoms with Gasteiger partial charge in [0.05, 0.1) is 21.8 Å². The molecule has 0 spiro atoms. The Kier molecular flexibility index (Phi) is 7.22. The van der Waals surface area contributed by atoms with Crippen molar-refractivity contribution in [1.29, 1.82) is 0 Å². The van der Waals surface area contributed by atoms with E-state index in [-0.39, 0.29) is 12.0 Å². The topological polar surface area (TPSA) is 76.7 Å². The van der Waals surface area contributed by atoms with Gasteiger partial charge in [0.15, 0.2) is 6.10 Å². The second kappa shape index (κ2) is 9.84. The molecule has 1 fully saturated rings. The molecule has 1 aliphatic heterocycles. The SMILES string of the molecule is CC(Oc1ccc(F)cc1Br)C(=O)Nc1ccccc1C(=O)NCC1CCCO1. The van der Waals surface area contributed by atoms with Crippen molar-refractivity contribution < 1.29 is 23.5 Å². The van der Waals surface area contributed by atoms with Crippen LogP contribution in [0.4, 0.5) is 10.1 Å². The number of carbonyl (C=O) groups excluding carboxylic acids is 2. The molecule has 0 bridgehead atoms. The van der Waals surface area contributed by atoms with Crippen LogP contribution >= 0.6 is 15.9 Å². The predicted octanol–water partition coefficient (Wildman–Crippen LogP) is 3.90. The van der Waals surface area contributed by atoms with Gasteiger partial charge < -0.3 is 20.1 Å². The minimum Gasteiger partial charge on any atom is -0.480 e. The molecule has 3 rings (SSSR count). The summed E-state index contributed by atoms with van der Waals surface area (Å²) >= 11 is 3.21. The Balaban J connectivity index is 1.62. The lowest BCUT2D eigenvalue weighted by Gasteiger charge is -2.17. The lowest BCUT2D eigenvalue weighted by atomic mass is 10.1. The summed E-state index contributed by atoms with van der Waals surface area (Å²) < 4.78 is 24.7. The Bertz CT molecular complexity index is 887. The Hall–Kier alpha value is -2.45. The fourth-order valence-corrected chi connectivity index (χ4v) is 3.39. The number of benzene rings is 2. The van der Waals surface area contributed by atoms with E-state index < -0.39 is 17.8 Å². The molecule has 2 N–H and O–H groups in total. The summed E-state index contributed by atoms with van der Waals surface area (Å²) in [6.07, 6.45) is 1.09.